The van der Waals surface area contributed by atoms with Crippen molar-refractivity contribution in [3.63, 3.8) is 0 Å². The van der Waals surface area contributed by atoms with E-state index in [-0.39, 0.29) is 42.1 Å². The van der Waals surface area contributed by atoms with Crippen molar-refractivity contribution in [1.82, 2.24) is 25.2 Å². The van der Waals surface area contributed by atoms with Crippen molar-refractivity contribution in [2.75, 3.05) is 13.1 Å². The number of amides is 3. The van der Waals surface area contributed by atoms with Gasteiger partial charge >= 0.3 is 12.5 Å². The molecule has 3 N–H and O–H groups in total. The zero-order valence-corrected chi connectivity index (χ0v) is 30.8. The SMILES string of the molecule is C=C[C@@H]1C[C@@]1(CNS(=O)(=O)C1CC1)NC(=O)[C@@H]1C[C@@H](Oc2nccc3c(OC(F)(F)F)cccc23)CN1C(=O)[C@@H](NC(=O)OC(C)(C)C)C(C)(C)C. The first-order valence-electron chi connectivity index (χ1n) is 17.0. The van der Waals surface area contributed by atoms with E-state index >= 15 is 0 Å². The van der Waals surface area contributed by atoms with E-state index in [0.29, 0.717) is 19.3 Å². The Hall–Kier alpha value is -4.12. The molecule has 1 aromatic heterocycles. The van der Waals surface area contributed by atoms with E-state index in [1.807, 2.05) is 0 Å². The highest BCUT2D eigenvalue weighted by Crippen LogP contribution is 2.45. The summed E-state index contributed by atoms with van der Waals surface area (Å²) in [6.45, 7) is 13.9. The first kappa shape index (κ1) is 39.1. The maximum Gasteiger partial charge on any atom is 0.573 e. The van der Waals surface area contributed by atoms with E-state index in [4.69, 9.17) is 9.47 Å². The number of pyridine rings is 1. The monoisotopic (exact) mass is 753 g/mol. The quantitative estimate of drug-likeness (QED) is 0.264. The topological polar surface area (TPSA) is 165 Å². The number of nitrogens with one attached hydrogen (secondary N) is 3. The molecule has 0 spiro atoms. The lowest BCUT2D eigenvalue weighted by Gasteiger charge is -2.36. The van der Waals surface area contributed by atoms with Crippen molar-refractivity contribution >= 4 is 38.7 Å². The van der Waals surface area contributed by atoms with Crippen LogP contribution in [-0.2, 0) is 24.3 Å². The number of alkyl carbamates (subject to hydrolysis) is 1. The molecule has 2 heterocycles. The number of aromatic nitrogens is 1. The molecule has 0 radical (unpaired) electrons. The average Bonchev–Trinajstić information content (AvgIpc) is 3.94. The molecule has 17 heteroatoms. The third-order valence-corrected chi connectivity index (χ3v) is 11.1. The fraction of sp³-hybridized carbons (Fsp3) is 0.600. The van der Waals surface area contributed by atoms with E-state index in [1.54, 1.807) is 47.6 Å². The summed E-state index contributed by atoms with van der Waals surface area (Å²) < 4.78 is 83.2. The number of fused-ring (bicyclic) bond motifs is 1. The fourth-order valence-electron chi connectivity index (χ4n) is 6.32. The zero-order chi connectivity index (χ0) is 38.4. The maximum atomic E-state index is 14.4. The van der Waals surface area contributed by atoms with Gasteiger partial charge < -0.3 is 29.7 Å². The highest BCUT2D eigenvalue weighted by atomic mass is 32.2. The van der Waals surface area contributed by atoms with Gasteiger partial charge in [-0.3, -0.25) is 9.59 Å². The molecule has 286 valence electrons. The van der Waals surface area contributed by atoms with Crippen LogP contribution in [0.1, 0.15) is 67.2 Å². The van der Waals surface area contributed by atoms with Crippen LogP contribution in [0.25, 0.3) is 10.8 Å². The van der Waals surface area contributed by atoms with Crippen molar-refractivity contribution in [1.29, 1.82) is 0 Å². The Morgan fingerprint density at radius 1 is 1.10 bits per heavy atom. The van der Waals surface area contributed by atoms with E-state index in [1.165, 1.54) is 29.3 Å². The van der Waals surface area contributed by atoms with Gasteiger partial charge in [0.15, 0.2) is 0 Å². The number of sulfonamides is 1. The predicted molar refractivity (Wildman–Crippen MR) is 185 cm³/mol. The number of carbonyl (C=O) groups is 3. The lowest BCUT2D eigenvalue weighted by Crippen LogP contribution is -2.59. The molecular formula is C35H46F3N5O8S. The highest BCUT2D eigenvalue weighted by Gasteiger charge is 2.56. The second kappa shape index (κ2) is 14.0. The van der Waals surface area contributed by atoms with Gasteiger partial charge in [0.1, 0.15) is 29.5 Å². The summed E-state index contributed by atoms with van der Waals surface area (Å²) in [4.78, 5) is 47.0. The number of likely N-dealkylation sites (tertiary alicyclic amines) is 1. The van der Waals surface area contributed by atoms with Crippen molar-refractivity contribution < 1.29 is 50.2 Å². The smallest absolute Gasteiger partial charge is 0.472 e. The lowest BCUT2D eigenvalue weighted by atomic mass is 9.85. The Labute approximate surface area is 301 Å². The first-order chi connectivity index (χ1) is 24.0. The molecule has 3 aliphatic rings. The minimum Gasteiger partial charge on any atom is -0.472 e. The average molecular weight is 754 g/mol. The number of benzene rings is 1. The standard InChI is InChI=1S/C35H46F3N5O8S/c1-8-20-17-34(20,19-40-52(47,48)22-12-13-22)42-28(44)25-16-21(18-43(25)30(45)27(32(2,3)4)41-31(46)51-33(5,6)7)49-29-24-10-9-11-26(50-35(36,37)38)23(24)14-15-39-29/h8-11,14-15,20-22,25,27,40H,1,12-13,16-19H2,2-7H3,(H,41,46)(H,42,44)/t20-,21-,25+,27-,34+/m1/s1. The van der Waals surface area contributed by atoms with E-state index in [2.05, 4.69) is 31.7 Å². The van der Waals surface area contributed by atoms with Crippen molar-refractivity contribution in [3.8, 4) is 11.6 Å². The molecule has 5 rings (SSSR count). The van der Waals surface area contributed by atoms with Crippen LogP contribution >= 0.6 is 0 Å². The number of hydrogen-bond donors (Lipinski definition) is 3. The molecule has 1 saturated heterocycles. The summed E-state index contributed by atoms with van der Waals surface area (Å²) in [6, 6.07) is 3.08. The van der Waals surface area contributed by atoms with E-state index in [9.17, 15) is 36.0 Å². The van der Waals surface area contributed by atoms with Gasteiger partial charge in [-0.25, -0.2) is 22.9 Å². The van der Waals surface area contributed by atoms with Crippen LogP contribution in [0.3, 0.4) is 0 Å². The van der Waals surface area contributed by atoms with E-state index < -0.39 is 80.0 Å². The first-order valence-corrected chi connectivity index (χ1v) is 18.6. The van der Waals surface area contributed by atoms with Crippen LogP contribution in [-0.4, -0.2) is 90.2 Å². The molecule has 52 heavy (non-hydrogen) atoms. The van der Waals surface area contributed by atoms with Gasteiger partial charge in [0.25, 0.3) is 0 Å². The number of alkyl halides is 3. The lowest BCUT2D eigenvalue weighted by molar-refractivity contribution is -0.274. The van der Waals surface area contributed by atoms with Crippen LogP contribution in [0.4, 0.5) is 18.0 Å². The van der Waals surface area contributed by atoms with Crippen LogP contribution in [0.5, 0.6) is 11.6 Å². The summed E-state index contributed by atoms with van der Waals surface area (Å²) in [6.07, 6.45) is -2.25. The number of rotatable bonds is 12. The van der Waals surface area contributed by atoms with Crippen molar-refractivity contribution in [2.24, 2.45) is 11.3 Å². The number of hydrogen-bond acceptors (Lipinski definition) is 9. The zero-order valence-electron chi connectivity index (χ0n) is 30.0. The molecule has 3 fully saturated rings. The van der Waals surface area contributed by atoms with Crippen LogP contribution < -0.4 is 24.8 Å². The Bertz CT molecular complexity index is 1820. The third-order valence-electron chi connectivity index (χ3n) is 9.20. The van der Waals surface area contributed by atoms with Gasteiger partial charge in [-0.2, -0.15) is 0 Å². The van der Waals surface area contributed by atoms with Gasteiger partial charge in [-0.05, 0) is 63.6 Å². The highest BCUT2D eigenvalue weighted by molar-refractivity contribution is 7.90. The minimum atomic E-state index is -4.94. The molecule has 2 aliphatic carbocycles. The molecular weight excluding hydrogens is 707 g/mol. The van der Waals surface area contributed by atoms with E-state index in [0.717, 1.165) is 6.07 Å². The molecule has 0 bridgehead atoms. The Morgan fingerprint density at radius 2 is 1.79 bits per heavy atom. The predicted octanol–water partition coefficient (Wildman–Crippen LogP) is 4.56. The Kier molecular flexibility index (Phi) is 10.5. The Morgan fingerprint density at radius 3 is 2.37 bits per heavy atom. The fourth-order valence-corrected chi connectivity index (χ4v) is 7.77. The number of nitrogens with zero attached hydrogens (tertiary/aromatic N) is 2. The summed E-state index contributed by atoms with van der Waals surface area (Å²) in [5.41, 5.74) is -2.69. The molecule has 5 atom stereocenters. The normalized spacial score (nSPS) is 24.2. The van der Waals surface area contributed by atoms with Gasteiger partial charge in [0, 0.05) is 35.9 Å². The van der Waals surface area contributed by atoms with Gasteiger partial charge in [0.05, 0.1) is 17.3 Å². The molecule has 1 aliphatic heterocycles. The number of ether oxygens (including phenoxy) is 3. The molecule has 13 nitrogen and oxygen atoms in total. The molecule has 1 aromatic carbocycles. The third kappa shape index (κ3) is 9.26. The molecule has 0 unspecified atom stereocenters. The number of halogens is 3. The van der Waals surface area contributed by atoms with Gasteiger partial charge in [-0.15, -0.1) is 19.8 Å². The van der Waals surface area contributed by atoms with Crippen LogP contribution in [0.15, 0.2) is 43.1 Å². The Balaban J connectivity index is 1.44. The summed E-state index contributed by atoms with van der Waals surface area (Å²) >= 11 is 0. The summed E-state index contributed by atoms with van der Waals surface area (Å²) in [7, 11) is -3.57. The summed E-state index contributed by atoms with van der Waals surface area (Å²) in [5, 5.41) is 5.47. The summed E-state index contributed by atoms with van der Waals surface area (Å²) in [5.74, 6) is -1.91. The van der Waals surface area contributed by atoms with Crippen molar-refractivity contribution in [3.05, 3.63) is 43.1 Å². The van der Waals surface area contributed by atoms with Crippen LogP contribution in [0.2, 0.25) is 0 Å². The minimum absolute atomic E-state index is 0.0392. The largest absolute Gasteiger partial charge is 0.573 e. The van der Waals surface area contributed by atoms with Crippen molar-refractivity contribution in [2.45, 2.75) is 108 Å². The maximum absolute atomic E-state index is 14.4. The second-order valence-electron chi connectivity index (χ2n) is 15.7. The van der Waals surface area contributed by atoms with Gasteiger partial charge in [-0.1, -0.05) is 32.9 Å². The van der Waals surface area contributed by atoms with Gasteiger partial charge in [0.2, 0.25) is 27.7 Å². The molecule has 2 aromatic rings. The second-order valence-corrected chi connectivity index (χ2v) is 17.7. The number of carbonyl (C=O) groups excluding carboxylic acids is 3. The molecule has 2 saturated carbocycles. The van der Waals surface area contributed by atoms with Crippen LogP contribution in [0, 0.1) is 11.3 Å². The molecule has 3 amide bonds.